The molecule has 0 heterocycles. The minimum absolute atomic E-state index is 0.155. The molecular weight excluding hydrogens is 263 g/mol. The van der Waals surface area contributed by atoms with E-state index in [2.05, 4.69) is 25.8 Å². The average molecular weight is 292 g/mol. The molecule has 1 atom stereocenters. The standard InChI is InChI=1S/C18H29FN2/c1-12-10-17(15(13(2)20)11-16(12)19)21(5)14-6-8-18(3,4)9-7-14/h10-11,13-14H,6-9,20H2,1-5H3/t13-/m1/s1. The highest BCUT2D eigenvalue weighted by molar-refractivity contribution is 5.57. The van der Waals surface area contributed by atoms with Crippen molar-refractivity contribution in [2.45, 2.75) is 65.5 Å². The number of hydrogen-bond acceptors (Lipinski definition) is 2. The minimum Gasteiger partial charge on any atom is -0.371 e. The van der Waals surface area contributed by atoms with Crippen LogP contribution < -0.4 is 10.6 Å². The molecule has 0 saturated heterocycles. The van der Waals surface area contributed by atoms with E-state index in [1.165, 1.54) is 25.7 Å². The predicted octanol–water partition coefficient (Wildman–Crippen LogP) is 4.56. The Morgan fingerprint density at radius 3 is 2.38 bits per heavy atom. The number of anilines is 1. The third kappa shape index (κ3) is 3.57. The van der Waals surface area contributed by atoms with Crippen molar-refractivity contribution in [3.8, 4) is 0 Å². The third-order valence-electron chi connectivity index (χ3n) is 5.03. The zero-order chi connectivity index (χ0) is 15.8. The summed E-state index contributed by atoms with van der Waals surface area (Å²) in [6, 6.07) is 3.93. The quantitative estimate of drug-likeness (QED) is 0.885. The van der Waals surface area contributed by atoms with E-state index in [9.17, 15) is 4.39 Å². The van der Waals surface area contributed by atoms with Gasteiger partial charge < -0.3 is 10.6 Å². The fourth-order valence-electron chi connectivity index (χ4n) is 3.32. The van der Waals surface area contributed by atoms with Crippen LogP contribution in [0.2, 0.25) is 0 Å². The Hall–Kier alpha value is -1.09. The first-order chi connectivity index (χ1) is 9.71. The van der Waals surface area contributed by atoms with Crippen molar-refractivity contribution in [2.24, 2.45) is 11.1 Å². The van der Waals surface area contributed by atoms with E-state index in [1.807, 2.05) is 19.9 Å². The fourth-order valence-corrected chi connectivity index (χ4v) is 3.32. The summed E-state index contributed by atoms with van der Waals surface area (Å²) in [5.74, 6) is -0.163. The van der Waals surface area contributed by atoms with E-state index < -0.39 is 0 Å². The summed E-state index contributed by atoms with van der Waals surface area (Å²) < 4.78 is 13.9. The van der Waals surface area contributed by atoms with Crippen LogP contribution in [-0.2, 0) is 0 Å². The van der Waals surface area contributed by atoms with Crippen molar-refractivity contribution in [3.05, 3.63) is 29.1 Å². The lowest BCUT2D eigenvalue weighted by molar-refractivity contribution is 0.222. The van der Waals surface area contributed by atoms with E-state index in [4.69, 9.17) is 5.73 Å². The second kappa shape index (κ2) is 5.96. The number of hydrogen-bond donors (Lipinski definition) is 1. The topological polar surface area (TPSA) is 29.3 Å². The van der Waals surface area contributed by atoms with Crippen molar-refractivity contribution in [1.29, 1.82) is 0 Å². The van der Waals surface area contributed by atoms with E-state index in [0.29, 0.717) is 17.0 Å². The summed E-state index contributed by atoms with van der Waals surface area (Å²) in [6.45, 7) is 8.43. The Bertz CT molecular complexity index is 498. The van der Waals surface area contributed by atoms with Crippen LogP contribution in [0.25, 0.3) is 0 Å². The van der Waals surface area contributed by atoms with Gasteiger partial charge in [0.05, 0.1) is 0 Å². The number of benzene rings is 1. The molecule has 1 aromatic rings. The molecule has 0 aliphatic heterocycles. The Morgan fingerprint density at radius 2 is 1.86 bits per heavy atom. The van der Waals surface area contributed by atoms with E-state index in [0.717, 1.165) is 11.3 Å². The summed E-state index contributed by atoms with van der Waals surface area (Å²) in [5.41, 5.74) is 9.20. The predicted molar refractivity (Wildman–Crippen MR) is 88.2 cm³/mol. The number of aryl methyl sites for hydroxylation is 1. The smallest absolute Gasteiger partial charge is 0.126 e. The molecule has 1 fully saturated rings. The number of halogens is 1. The first-order valence-corrected chi connectivity index (χ1v) is 8.00. The largest absolute Gasteiger partial charge is 0.371 e. The molecule has 0 bridgehead atoms. The van der Waals surface area contributed by atoms with Crippen LogP contribution in [-0.4, -0.2) is 13.1 Å². The van der Waals surface area contributed by atoms with Crippen LogP contribution in [0.4, 0.5) is 10.1 Å². The number of nitrogens with two attached hydrogens (primary N) is 1. The molecule has 0 unspecified atom stereocenters. The Balaban J connectivity index is 2.26. The maximum atomic E-state index is 13.9. The number of nitrogens with zero attached hydrogens (tertiary/aromatic N) is 1. The van der Waals surface area contributed by atoms with Crippen LogP contribution in [0, 0.1) is 18.2 Å². The van der Waals surface area contributed by atoms with Gasteiger partial charge in [-0.05, 0) is 68.2 Å². The molecule has 2 N–H and O–H groups in total. The zero-order valence-electron chi connectivity index (χ0n) is 14.0. The van der Waals surface area contributed by atoms with Crippen molar-refractivity contribution < 1.29 is 4.39 Å². The van der Waals surface area contributed by atoms with Gasteiger partial charge in [-0.3, -0.25) is 0 Å². The highest BCUT2D eigenvalue weighted by atomic mass is 19.1. The van der Waals surface area contributed by atoms with Crippen molar-refractivity contribution in [3.63, 3.8) is 0 Å². The summed E-state index contributed by atoms with van der Waals surface area (Å²) in [6.07, 6.45) is 4.88. The molecule has 1 saturated carbocycles. The molecular formula is C18H29FN2. The van der Waals surface area contributed by atoms with Crippen LogP contribution in [0.1, 0.15) is 63.6 Å². The van der Waals surface area contributed by atoms with Gasteiger partial charge in [0, 0.05) is 24.8 Å². The normalized spacial score (nSPS) is 20.3. The summed E-state index contributed by atoms with van der Waals surface area (Å²) in [5, 5.41) is 0. The lowest BCUT2D eigenvalue weighted by Gasteiger charge is -2.40. The molecule has 0 spiro atoms. The highest BCUT2D eigenvalue weighted by Crippen LogP contribution is 2.39. The third-order valence-corrected chi connectivity index (χ3v) is 5.03. The highest BCUT2D eigenvalue weighted by Gasteiger charge is 2.30. The van der Waals surface area contributed by atoms with Gasteiger partial charge in [0.15, 0.2) is 0 Å². The second-order valence-electron chi connectivity index (χ2n) is 7.46. The first kappa shape index (κ1) is 16.3. The van der Waals surface area contributed by atoms with E-state index in [-0.39, 0.29) is 11.9 Å². The molecule has 2 rings (SSSR count). The molecule has 3 heteroatoms. The Labute approximate surface area is 128 Å². The summed E-state index contributed by atoms with van der Waals surface area (Å²) >= 11 is 0. The van der Waals surface area contributed by atoms with Gasteiger partial charge in [-0.25, -0.2) is 4.39 Å². The molecule has 2 nitrogen and oxygen atoms in total. The van der Waals surface area contributed by atoms with Gasteiger partial charge in [-0.15, -0.1) is 0 Å². The van der Waals surface area contributed by atoms with Crippen LogP contribution >= 0.6 is 0 Å². The van der Waals surface area contributed by atoms with E-state index in [1.54, 1.807) is 6.07 Å². The van der Waals surface area contributed by atoms with Gasteiger partial charge >= 0.3 is 0 Å². The van der Waals surface area contributed by atoms with Crippen molar-refractivity contribution >= 4 is 5.69 Å². The van der Waals surface area contributed by atoms with Crippen LogP contribution in [0.15, 0.2) is 12.1 Å². The summed E-state index contributed by atoms with van der Waals surface area (Å²) in [4.78, 5) is 2.32. The van der Waals surface area contributed by atoms with Gasteiger partial charge in [0.1, 0.15) is 5.82 Å². The van der Waals surface area contributed by atoms with Gasteiger partial charge in [-0.2, -0.15) is 0 Å². The first-order valence-electron chi connectivity index (χ1n) is 8.00. The van der Waals surface area contributed by atoms with Gasteiger partial charge in [0.2, 0.25) is 0 Å². The van der Waals surface area contributed by atoms with Crippen LogP contribution in [0.5, 0.6) is 0 Å². The van der Waals surface area contributed by atoms with Crippen molar-refractivity contribution in [1.82, 2.24) is 0 Å². The molecule has 1 aromatic carbocycles. The number of rotatable bonds is 3. The maximum Gasteiger partial charge on any atom is 0.126 e. The molecule has 0 aromatic heterocycles. The van der Waals surface area contributed by atoms with E-state index >= 15 is 0 Å². The molecule has 1 aliphatic carbocycles. The van der Waals surface area contributed by atoms with Gasteiger partial charge in [-0.1, -0.05) is 13.8 Å². The fraction of sp³-hybridized carbons (Fsp3) is 0.667. The molecule has 118 valence electrons. The lowest BCUT2D eigenvalue weighted by atomic mass is 9.75. The van der Waals surface area contributed by atoms with Crippen LogP contribution in [0.3, 0.4) is 0 Å². The zero-order valence-corrected chi connectivity index (χ0v) is 14.0. The Kier molecular flexibility index (Phi) is 4.62. The Morgan fingerprint density at radius 1 is 1.29 bits per heavy atom. The molecule has 1 aliphatic rings. The average Bonchev–Trinajstić information content (AvgIpc) is 2.40. The SMILES string of the molecule is Cc1cc(N(C)C2CCC(C)(C)CC2)c([C@@H](C)N)cc1F. The lowest BCUT2D eigenvalue weighted by Crippen LogP contribution is -2.38. The second-order valence-corrected chi connectivity index (χ2v) is 7.46. The molecule has 0 amide bonds. The molecule has 21 heavy (non-hydrogen) atoms. The minimum atomic E-state index is -0.163. The summed E-state index contributed by atoms with van der Waals surface area (Å²) in [7, 11) is 2.13. The maximum absolute atomic E-state index is 13.9. The molecule has 0 radical (unpaired) electrons. The monoisotopic (exact) mass is 292 g/mol. The van der Waals surface area contributed by atoms with Gasteiger partial charge in [0.25, 0.3) is 0 Å². The van der Waals surface area contributed by atoms with Crippen molar-refractivity contribution in [2.75, 3.05) is 11.9 Å².